The van der Waals surface area contributed by atoms with Gasteiger partial charge in [0.1, 0.15) is 11.9 Å². The molecule has 0 saturated heterocycles. The third-order valence-electron chi connectivity index (χ3n) is 3.24. The van der Waals surface area contributed by atoms with E-state index in [1.54, 1.807) is 12.4 Å². The topological polar surface area (TPSA) is 26.0 Å². The van der Waals surface area contributed by atoms with E-state index in [4.69, 9.17) is 4.74 Å². The van der Waals surface area contributed by atoms with Crippen LogP contribution in [0.5, 0.6) is 11.6 Å². The average molecular weight is 277 g/mol. The molecule has 3 heteroatoms. The van der Waals surface area contributed by atoms with E-state index in [9.17, 15) is 0 Å². The molecule has 0 aliphatic carbocycles. The Morgan fingerprint density at radius 3 is 2.52 bits per heavy atom. The first kappa shape index (κ1) is 13.3. The van der Waals surface area contributed by atoms with Crippen LogP contribution in [-0.4, -0.2) is 4.98 Å². The number of nitrogens with zero attached hydrogens (tertiary/aromatic N) is 2. The molecule has 3 aromatic rings. The summed E-state index contributed by atoms with van der Waals surface area (Å²) < 4.78 is 7.98. The number of aryl methyl sites for hydroxylation is 1. The molecule has 0 spiro atoms. The number of rotatable bonds is 4. The van der Waals surface area contributed by atoms with Gasteiger partial charge in [-0.25, -0.2) is 4.98 Å². The molecule has 3 rings (SSSR count). The zero-order valence-corrected chi connectivity index (χ0v) is 11.9. The maximum absolute atomic E-state index is 5.94. The van der Waals surface area contributed by atoms with Crippen LogP contribution in [-0.2, 0) is 6.54 Å². The summed E-state index contributed by atoms with van der Waals surface area (Å²) in [4.78, 5) is 4.15. The fourth-order valence-electron chi connectivity index (χ4n) is 2.10. The standard InChI is InChI=1S/C18H17N2O/c1-15-7-9-17(10-8-15)21-18-13-19-11-12-20(18)14-16-5-3-2-4-6-16/h2-13H,14H2,1H3/q+1. The molecule has 3 nitrogen and oxygen atoms in total. The van der Waals surface area contributed by atoms with Crippen LogP contribution >= 0.6 is 0 Å². The number of benzene rings is 2. The smallest absolute Gasteiger partial charge is 0.392 e. The molecule has 0 radical (unpaired) electrons. The van der Waals surface area contributed by atoms with Gasteiger partial charge in [0.2, 0.25) is 0 Å². The van der Waals surface area contributed by atoms with Crippen molar-refractivity contribution in [1.29, 1.82) is 0 Å². The normalized spacial score (nSPS) is 10.3. The van der Waals surface area contributed by atoms with E-state index in [1.165, 1.54) is 11.1 Å². The molecule has 0 N–H and O–H groups in total. The van der Waals surface area contributed by atoms with Crippen LogP contribution in [0.25, 0.3) is 0 Å². The zero-order valence-electron chi connectivity index (χ0n) is 11.9. The van der Waals surface area contributed by atoms with Gasteiger partial charge >= 0.3 is 5.88 Å². The van der Waals surface area contributed by atoms with E-state index >= 15 is 0 Å². The minimum Gasteiger partial charge on any atom is -0.404 e. The highest BCUT2D eigenvalue weighted by molar-refractivity contribution is 5.28. The third-order valence-corrected chi connectivity index (χ3v) is 3.24. The number of ether oxygens (including phenoxy) is 1. The molecular weight excluding hydrogens is 260 g/mol. The lowest BCUT2D eigenvalue weighted by molar-refractivity contribution is -0.692. The fraction of sp³-hybridized carbons (Fsp3) is 0.111. The zero-order chi connectivity index (χ0) is 14.5. The molecule has 0 bridgehead atoms. The van der Waals surface area contributed by atoms with Crippen LogP contribution < -0.4 is 9.30 Å². The first-order valence-electron chi connectivity index (χ1n) is 6.93. The third kappa shape index (κ3) is 3.45. The lowest BCUT2D eigenvalue weighted by Gasteiger charge is -2.05. The molecular formula is C18H17N2O+. The van der Waals surface area contributed by atoms with Crippen molar-refractivity contribution < 1.29 is 9.30 Å². The van der Waals surface area contributed by atoms with E-state index < -0.39 is 0 Å². The Morgan fingerprint density at radius 2 is 1.76 bits per heavy atom. The van der Waals surface area contributed by atoms with E-state index in [0.29, 0.717) is 0 Å². The molecule has 0 unspecified atom stereocenters. The summed E-state index contributed by atoms with van der Waals surface area (Å²) in [5.74, 6) is 1.54. The molecule has 0 amide bonds. The minimum atomic E-state index is 0.727. The van der Waals surface area contributed by atoms with Gasteiger partial charge in [-0.3, -0.25) is 0 Å². The van der Waals surface area contributed by atoms with Crippen molar-refractivity contribution in [3.05, 3.63) is 84.3 Å². The molecule has 2 aromatic carbocycles. The second-order valence-electron chi connectivity index (χ2n) is 4.94. The van der Waals surface area contributed by atoms with Crippen molar-refractivity contribution in [2.45, 2.75) is 13.5 Å². The molecule has 1 aromatic heterocycles. The maximum Gasteiger partial charge on any atom is 0.392 e. The van der Waals surface area contributed by atoms with Crippen molar-refractivity contribution in [2.75, 3.05) is 0 Å². The second kappa shape index (κ2) is 6.18. The number of hydrogen-bond donors (Lipinski definition) is 0. The largest absolute Gasteiger partial charge is 0.404 e. The van der Waals surface area contributed by atoms with Gasteiger partial charge in [-0.2, -0.15) is 4.57 Å². The molecule has 1 heterocycles. The summed E-state index contributed by atoms with van der Waals surface area (Å²) in [6.07, 6.45) is 5.43. The van der Waals surface area contributed by atoms with Crippen LogP contribution in [0, 0.1) is 6.92 Å². The van der Waals surface area contributed by atoms with Gasteiger partial charge in [0.25, 0.3) is 0 Å². The van der Waals surface area contributed by atoms with E-state index in [0.717, 1.165) is 18.2 Å². The Morgan fingerprint density at radius 1 is 1.00 bits per heavy atom. The number of hydrogen-bond acceptors (Lipinski definition) is 2. The van der Waals surface area contributed by atoms with Gasteiger partial charge in [-0.05, 0) is 19.1 Å². The van der Waals surface area contributed by atoms with Gasteiger partial charge in [-0.15, -0.1) is 0 Å². The van der Waals surface area contributed by atoms with Crippen molar-refractivity contribution in [3.63, 3.8) is 0 Å². The summed E-state index contributed by atoms with van der Waals surface area (Å²) in [7, 11) is 0. The second-order valence-corrected chi connectivity index (χ2v) is 4.94. The Balaban J connectivity index is 1.84. The summed E-state index contributed by atoms with van der Waals surface area (Å²) >= 11 is 0. The van der Waals surface area contributed by atoms with Crippen LogP contribution in [0.1, 0.15) is 11.1 Å². The van der Waals surface area contributed by atoms with Crippen LogP contribution in [0.15, 0.2) is 73.2 Å². The Kier molecular flexibility index (Phi) is 3.92. The van der Waals surface area contributed by atoms with Gasteiger partial charge in [0, 0.05) is 5.56 Å². The molecule has 21 heavy (non-hydrogen) atoms. The van der Waals surface area contributed by atoms with E-state index in [-0.39, 0.29) is 0 Å². The Hall–Kier alpha value is -2.68. The summed E-state index contributed by atoms with van der Waals surface area (Å²) in [6, 6.07) is 18.3. The summed E-state index contributed by atoms with van der Waals surface area (Å²) in [5.41, 5.74) is 2.44. The average Bonchev–Trinajstić information content (AvgIpc) is 2.52. The quantitative estimate of drug-likeness (QED) is 0.682. The highest BCUT2D eigenvalue weighted by Gasteiger charge is 2.13. The monoisotopic (exact) mass is 277 g/mol. The van der Waals surface area contributed by atoms with Crippen molar-refractivity contribution >= 4 is 0 Å². The van der Waals surface area contributed by atoms with Crippen LogP contribution in [0.4, 0.5) is 0 Å². The Bertz CT molecular complexity index is 709. The number of aromatic nitrogens is 2. The molecule has 0 saturated carbocycles. The predicted octanol–water partition coefficient (Wildman–Crippen LogP) is 3.52. The van der Waals surface area contributed by atoms with Crippen molar-refractivity contribution in [3.8, 4) is 11.6 Å². The predicted molar refractivity (Wildman–Crippen MR) is 81.2 cm³/mol. The van der Waals surface area contributed by atoms with Crippen molar-refractivity contribution in [1.82, 2.24) is 4.98 Å². The minimum absolute atomic E-state index is 0.727. The van der Waals surface area contributed by atoms with Gasteiger partial charge in [0.05, 0.1) is 6.20 Å². The van der Waals surface area contributed by atoms with Gasteiger partial charge in [-0.1, -0.05) is 48.0 Å². The van der Waals surface area contributed by atoms with Gasteiger partial charge < -0.3 is 4.74 Å². The molecule has 0 aliphatic heterocycles. The SMILES string of the molecule is Cc1ccc(Oc2cncc[n+]2Cc2ccccc2)cc1. The highest BCUT2D eigenvalue weighted by atomic mass is 16.5. The van der Waals surface area contributed by atoms with E-state index in [1.807, 2.05) is 53.2 Å². The van der Waals surface area contributed by atoms with Crippen LogP contribution in [0.3, 0.4) is 0 Å². The fourth-order valence-corrected chi connectivity index (χ4v) is 2.10. The molecule has 104 valence electrons. The Labute approximate surface area is 124 Å². The first-order valence-corrected chi connectivity index (χ1v) is 6.93. The van der Waals surface area contributed by atoms with Crippen molar-refractivity contribution in [2.24, 2.45) is 0 Å². The van der Waals surface area contributed by atoms with Crippen LogP contribution in [0.2, 0.25) is 0 Å². The molecule has 0 aliphatic rings. The lowest BCUT2D eigenvalue weighted by Crippen LogP contribution is -2.35. The first-order chi connectivity index (χ1) is 10.3. The van der Waals surface area contributed by atoms with E-state index in [2.05, 4.69) is 24.0 Å². The lowest BCUT2D eigenvalue weighted by atomic mass is 10.2. The molecule has 0 fully saturated rings. The summed E-state index contributed by atoms with van der Waals surface area (Å²) in [6.45, 7) is 2.81. The molecule has 0 atom stereocenters. The van der Waals surface area contributed by atoms with Gasteiger partial charge in [0.15, 0.2) is 12.7 Å². The summed E-state index contributed by atoms with van der Waals surface area (Å²) in [5, 5.41) is 0. The highest BCUT2D eigenvalue weighted by Crippen LogP contribution is 2.18. The maximum atomic E-state index is 5.94.